The predicted octanol–water partition coefficient (Wildman–Crippen LogP) is 1.09. The fraction of sp³-hybridized carbons (Fsp3) is 0.474. The Balaban J connectivity index is 2.23. The highest BCUT2D eigenvalue weighted by Crippen LogP contribution is 2.24. The molecule has 1 amide bonds. The van der Waals surface area contributed by atoms with Gasteiger partial charge in [0.1, 0.15) is 17.4 Å². The van der Waals surface area contributed by atoms with Crippen LogP contribution in [-0.4, -0.2) is 76.0 Å². The monoisotopic (exact) mass is 406 g/mol. The van der Waals surface area contributed by atoms with Crippen molar-refractivity contribution in [3.8, 4) is 11.8 Å². The minimum Gasteiger partial charge on any atom is -0.495 e. The Morgan fingerprint density at radius 3 is 2.64 bits per heavy atom. The molecular formula is C19H26N4O4S. The van der Waals surface area contributed by atoms with Crippen LogP contribution in [0.4, 0.5) is 5.69 Å². The maximum absolute atomic E-state index is 12.6. The van der Waals surface area contributed by atoms with Crippen LogP contribution in [0.3, 0.4) is 0 Å². The molecule has 1 aromatic rings. The number of carbonyl (C=O) groups is 1. The summed E-state index contributed by atoms with van der Waals surface area (Å²) in [4.78, 5) is 16.4. The molecule has 1 N–H and O–H groups in total. The molecule has 152 valence electrons. The fourth-order valence-corrected chi connectivity index (χ4v) is 4.69. The first-order valence-electron chi connectivity index (χ1n) is 8.93. The van der Waals surface area contributed by atoms with Crippen molar-refractivity contribution in [3.63, 3.8) is 0 Å². The number of hydrogen-bond acceptors (Lipinski definition) is 7. The first-order valence-corrected chi connectivity index (χ1v) is 10.7. The molecule has 28 heavy (non-hydrogen) atoms. The van der Waals surface area contributed by atoms with Gasteiger partial charge in [-0.1, -0.05) is 12.1 Å². The molecule has 1 fully saturated rings. The van der Waals surface area contributed by atoms with Crippen molar-refractivity contribution in [3.05, 3.63) is 36.0 Å². The zero-order chi connectivity index (χ0) is 20.7. The topological polar surface area (TPSA) is 103 Å². The minimum absolute atomic E-state index is 0.0315. The largest absolute Gasteiger partial charge is 0.495 e. The molecule has 1 heterocycles. The third-order valence-electron chi connectivity index (χ3n) is 4.50. The first kappa shape index (κ1) is 21.7. The van der Waals surface area contributed by atoms with Crippen molar-refractivity contribution in [1.29, 1.82) is 5.26 Å². The maximum atomic E-state index is 12.6. The number of hydrogen-bond donors (Lipinski definition) is 1. The SMILES string of the molecule is COc1ccccc1NC(=O)/C(C#N)=C\N(CCN(C)C)C1CCS(=O)(=O)C1. The molecule has 8 nitrogen and oxygen atoms in total. The number of benzene rings is 1. The van der Waals surface area contributed by atoms with E-state index in [2.05, 4.69) is 5.32 Å². The summed E-state index contributed by atoms with van der Waals surface area (Å²) in [5.74, 6) is 0.0745. The van der Waals surface area contributed by atoms with Gasteiger partial charge in [0.05, 0.1) is 24.3 Å². The van der Waals surface area contributed by atoms with Crippen LogP contribution in [-0.2, 0) is 14.6 Å². The standard InChI is InChI=1S/C19H26N4O4S/c1-22(2)9-10-23(16-8-11-28(25,26)14-16)13-15(12-20)19(24)21-17-6-4-5-7-18(17)27-3/h4-7,13,16H,8-11,14H2,1-3H3,(H,21,24)/b15-13-. The number of sulfone groups is 1. The summed E-state index contributed by atoms with van der Waals surface area (Å²) in [7, 11) is 2.23. The summed E-state index contributed by atoms with van der Waals surface area (Å²) in [6.45, 7) is 1.18. The summed E-state index contributed by atoms with van der Waals surface area (Å²) in [6, 6.07) is 8.60. The molecule has 1 atom stereocenters. The Morgan fingerprint density at radius 2 is 2.07 bits per heavy atom. The Labute approximate surface area is 166 Å². The van der Waals surface area contributed by atoms with Crippen LogP contribution < -0.4 is 10.1 Å². The molecule has 0 saturated carbocycles. The summed E-state index contributed by atoms with van der Waals surface area (Å²) in [5, 5.41) is 12.2. The zero-order valence-corrected chi connectivity index (χ0v) is 17.2. The van der Waals surface area contributed by atoms with Gasteiger partial charge in [0.15, 0.2) is 9.84 Å². The van der Waals surface area contributed by atoms with Gasteiger partial charge in [0.2, 0.25) is 0 Å². The second kappa shape index (κ2) is 9.57. The average molecular weight is 407 g/mol. The molecule has 1 aromatic carbocycles. The number of ether oxygens (including phenoxy) is 1. The fourth-order valence-electron chi connectivity index (χ4n) is 2.95. The Morgan fingerprint density at radius 1 is 1.36 bits per heavy atom. The number of nitrogens with zero attached hydrogens (tertiary/aromatic N) is 3. The smallest absolute Gasteiger partial charge is 0.267 e. The molecule has 0 aromatic heterocycles. The lowest BCUT2D eigenvalue weighted by atomic mass is 10.2. The normalized spacial score (nSPS) is 18.5. The molecule has 0 spiro atoms. The van der Waals surface area contributed by atoms with Crippen molar-refractivity contribution in [2.75, 3.05) is 51.1 Å². The molecule has 1 unspecified atom stereocenters. The summed E-state index contributed by atoms with van der Waals surface area (Å²) in [6.07, 6.45) is 1.96. The lowest BCUT2D eigenvalue weighted by Crippen LogP contribution is -2.37. The second-order valence-electron chi connectivity index (χ2n) is 6.91. The Kier molecular flexibility index (Phi) is 7.43. The number of nitrogens with one attached hydrogen (secondary N) is 1. The molecule has 0 aliphatic carbocycles. The van der Waals surface area contributed by atoms with Gasteiger partial charge in [-0.2, -0.15) is 5.26 Å². The van der Waals surface area contributed by atoms with Crippen LogP contribution in [0.2, 0.25) is 0 Å². The molecule has 9 heteroatoms. The Hall–Kier alpha value is -2.57. The first-order chi connectivity index (χ1) is 13.3. The second-order valence-corrected chi connectivity index (χ2v) is 9.14. The van der Waals surface area contributed by atoms with Crippen LogP contribution >= 0.6 is 0 Å². The average Bonchev–Trinajstić information content (AvgIpc) is 3.01. The minimum atomic E-state index is -3.08. The van der Waals surface area contributed by atoms with E-state index >= 15 is 0 Å². The molecule has 1 saturated heterocycles. The Bertz CT molecular complexity index is 874. The third kappa shape index (κ3) is 5.97. The van der Waals surface area contributed by atoms with Gasteiger partial charge in [-0.25, -0.2) is 8.42 Å². The highest BCUT2D eigenvalue weighted by Gasteiger charge is 2.31. The van der Waals surface area contributed by atoms with Crippen molar-refractivity contribution in [2.24, 2.45) is 0 Å². The van der Waals surface area contributed by atoms with E-state index in [0.29, 0.717) is 30.9 Å². The van der Waals surface area contributed by atoms with Crippen molar-refractivity contribution < 1.29 is 17.9 Å². The van der Waals surface area contributed by atoms with E-state index in [1.807, 2.05) is 25.1 Å². The van der Waals surface area contributed by atoms with Crippen LogP contribution in [0.25, 0.3) is 0 Å². The predicted molar refractivity (Wildman–Crippen MR) is 108 cm³/mol. The molecular weight excluding hydrogens is 380 g/mol. The number of para-hydroxylation sites is 2. The van der Waals surface area contributed by atoms with E-state index in [0.717, 1.165) is 0 Å². The highest BCUT2D eigenvalue weighted by atomic mass is 32.2. The number of anilines is 1. The van der Waals surface area contributed by atoms with E-state index < -0.39 is 15.7 Å². The number of rotatable bonds is 8. The number of likely N-dealkylation sites (N-methyl/N-ethyl adjacent to an activating group) is 1. The van der Waals surface area contributed by atoms with Gasteiger partial charge in [0, 0.05) is 25.3 Å². The van der Waals surface area contributed by atoms with Gasteiger partial charge in [-0.15, -0.1) is 0 Å². The number of carbonyl (C=O) groups excluding carboxylic acids is 1. The maximum Gasteiger partial charge on any atom is 0.267 e. The number of nitriles is 1. The van der Waals surface area contributed by atoms with Crippen molar-refractivity contribution >= 4 is 21.4 Å². The van der Waals surface area contributed by atoms with Gasteiger partial charge in [-0.3, -0.25) is 4.79 Å². The lowest BCUT2D eigenvalue weighted by molar-refractivity contribution is -0.112. The molecule has 1 aliphatic rings. The van der Waals surface area contributed by atoms with Crippen molar-refractivity contribution in [1.82, 2.24) is 9.80 Å². The van der Waals surface area contributed by atoms with Gasteiger partial charge >= 0.3 is 0 Å². The van der Waals surface area contributed by atoms with E-state index in [-0.39, 0.29) is 23.1 Å². The highest BCUT2D eigenvalue weighted by molar-refractivity contribution is 7.91. The lowest BCUT2D eigenvalue weighted by Gasteiger charge is -2.28. The molecule has 1 aliphatic heterocycles. The van der Waals surface area contributed by atoms with E-state index in [1.165, 1.54) is 13.3 Å². The quantitative estimate of drug-likeness (QED) is 0.509. The summed E-state index contributed by atoms with van der Waals surface area (Å²) < 4.78 is 28.9. The van der Waals surface area contributed by atoms with Crippen LogP contribution in [0, 0.1) is 11.3 Å². The van der Waals surface area contributed by atoms with E-state index in [1.54, 1.807) is 29.2 Å². The molecule has 2 rings (SSSR count). The van der Waals surface area contributed by atoms with Gasteiger partial charge in [-0.05, 0) is 32.6 Å². The van der Waals surface area contributed by atoms with Gasteiger partial charge < -0.3 is 19.9 Å². The van der Waals surface area contributed by atoms with Crippen LogP contribution in [0.5, 0.6) is 5.75 Å². The van der Waals surface area contributed by atoms with Crippen molar-refractivity contribution in [2.45, 2.75) is 12.5 Å². The van der Waals surface area contributed by atoms with Crippen LogP contribution in [0.15, 0.2) is 36.0 Å². The van der Waals surface area contributed by atoms with E-state index in [9.17, 15) is 18.5 Å². The van der Waals surface area contributed by atoms with Gasteiger partial charge in [0.25, 0.3) is 5.91 Å². The van der Waals surface area contributed by atoms with Crippen LogP contribution in [0.1, 0.15) is 6.42 Å². The number of amides is 1. The summed E-state index contributed by atoms with van der Waals surface area (Å²) in [5.41, 5.74) is 0.369. The molecule has 0 radical (unpaired) electrons. The van der Waals surface area contributed by atoms with E-state index in [4.69, 9.17) is 4.74 Å². The zero-order valence-electron chi connectivity index (χ0n) is 16.4. The summed E-state index contributed by atoms with van der Waals surface area (Å²) >= 11 is 0. The third-order valence-corrected chi connectivity index (χ3v) is 6.25. The molecule has 0 bridgehead atoms. The number of methoxy groups -OCH3 is 1.